The predicted molar refractivity (Wildman–Crippen MR) is 142 cm³/mol. The standard InChI is InChI=1S/C27H20BrClN2O6/c1-36-23-13-15(12-22(29)19(23)14-17-5-3-4-6-21(17)28)11-20-24(32)30-27(35)31(25(20)33)18-9-7-16(8-10-18)26(34)37-2/h3-13H,14H2,1-2H3,(H,30,32,35)/b20-11+. The first-order chi connectivity index (χ1) is 17.7. The molecule has 0 bridgehead atoms. The number of benzene rings is 3. The molecule has 0 radical (unpaired) electrons. The lowest BCUT2D eigenvalue weighted by Crippen LogP contribution is -2.54. The Hall–Kier alpha value is -3.95. The maximum absolute atomic E-state index is 13.2. The largest absolute Gasteiger partial charge is 0.496 e. The lowest BCUT2D eigenvalue weighted by molar-refractivity contribution is -0.122. The van der Waals surface area contributed by atoms with E-state index in [-0.39, 0.29) is 16.8 Å². The van der Waals surface area contributed by atoms with Crippen molar-refractivity contribution >= 4 is 63.1 Å². The molecular formula is C27H20BrClN2O6. The minimum Gasteiger partial charge on any atom is -0.496 e. The van der Waals surface area contributed by atoms with Crippen molar-refractivity contribution in [3.05, 3.63) is 98.0 Å². The van der Waals surface area contributed by atoms with Crippen LogP contribution in [-0.2, 0) is 20.7 Å². The molecule has 37 heavy (non-hydrogen) atoms. The van der Waals surface area contributed by atoms with E-state index in [0.717, 1.165) is 20.5 Å². The number of halogens is 2. The molecule has 1 aliphatic heterocycles. The molecule has 188 valence electrons. The summed E-state index contributed by atoms with van der Waals surface area (Å²) in [5.41, 5.74) is 2.32. The molecule has 4 amide bonds. The molecule has 3 aromatic rings. The molecule has 0 aromatic heterocycles. The number of carbonyl (C=O) groups is 4. The average molecular weight is 584 g/mol. The number of hydrogen-bond donors (Lipinski definition) is 1. The Labute approximate surface area is 225 Å². The number of carbonyl (C=O) groups excluding carboxylic acids is 4. The summed E-state index contributed by atoms with van der Waals surface area (Å²) in [5, 5.41) is 2.55. The van der Waals surface area contributed by atoms with E-state index in [4.69, 9.17) is 16.3 Å². The minimum absolute atomic E-state index is 0.174. The Balaban J connectivity index is 1.68. The lowest BCUT2D eigenvalue weighted by Gasteiger charge is -2.26. The molecule has 1 saturated heterocycles. The zero-order valence-corrected chi connectivity index (χ0v) is 22.1. The highest BCUT2D eigenvalue weighted by molar-refractivity contribution is 9.10. The first-order valence-electron chi connectivity index (χ1n) is 10.9. The van der Waals surface area contributed by atoms with E-state index in [1.54, 1.807) is 12.1 Å². The van der Waals surface area contributed by atoms with Crippen LogP contribution in [0.25, 0.3) is 6.08 Å². The van der Waals surface area contributed by atoms with Gasteiger partial charge in [0.1, 0.15) is 11.3 Å². The number of hydrogen-bond acceptors (Lipinski definition) is 6. The second-order valence-electron chi connectivity index (χ2n) is 7.95. The van der Waals surface area contributed by atoms with Crippen LogP contribution in [0.3, 0.4) is 0 Å². The number of esters is 1. The van der Waals surface area contributed by atoms with Crippen LogP contribution >= 0.6 is 27.5 Å². The van der Waals surface area contributed by atoms with Gasteiger partial charge in [0.25, 0.3) is 11.8 Å². The molecule has 1 fully saturated rings. The molecule has 4 rings (SSSR count). The van der Waals surface area contributed by atoms with Crippen molar-refractivity contribution in [2.45, 2.75) is 6.42 Å². The lowest BCUT2D eigenvalue weighted by atomic mass is 10.0. The number of imide groups is 2. The van der Waals surface area contributed by atoms with Gasteiger partial charge in [-0.25, -0.2) is 14.5 Å². The number of nitrogens with one attached hydrogen (secondary N) is 1. The van der Waals surface area contributed by atoms with Gasteiger partial charge in [-0.15, -0.1) is 0 Å². The van der Waals surface area contributed by atoms with E-state index in [1.165, 1.54) is 44.6 Å². The fourth-order valence-corrected chi connectivity index (χ4v) is 4.53. The van der Waals surface area contributed by atoms with Crippen LogP contribution in [0, 0.1) is 0 Å². The summed E-state index contributed by atoms with van der Waals surface area (Å²) < 4.78 is 11.1. The summed E-state index contributed by atoms with van der Waals surface area (Å²) in [5.74, 6) is -1.76. The number of anilines is 1. The van der Waals surface area contributed by atoms with Crippen LogP contribution in [0.5, 0.6) is 5.75 Å². The van der Waals surface area contributed by atoms with Crippen molar-refractivity contribution < 1.29 is 28.7 Å². The summed E-state index contributed by atoms with van der Waals surface area (Å²) in [7, 11) is 2.75. The Morgan fingerprint density at radius 2 is 1.76 bits per heavy atom. The summed E-state index contributed by atoms with van der Waals surface area (Å²) in [6.07, 6.45) is 1.83. The SMILES string of the molecule is COC(=O)c1ccc(N2C(=O)NC(=O)/C(=C\c3cc(Cl)c(Cc4ccccc4Br)c(OC)c3)C2=O)cc1. The van der Waals surface area contributed by atoms with Gasteiger partial charge in [0.15, 0.2) is 0 Å². The van der Waals surface area contributed by atoms with Gasteiger partial charge >= 0.3 is 12.0 Å². The number of rotatable bonds is 6. The number of amides is 4. The summed E-state index contributed by atoms with van der Waals surface area (Å²) in [6, 6.07) is 15.7. The molecule has 0 unspecified atom stereocenters. The molecule has 3 aromatic carbocycles. The maximum Gasteiger partial charge on any atom is 0.337 e. The fourth-order valence-electron chi connectivity index (χ4n) is 3.82. The Morgan fingerprint density at radius 3 is 2.41 bits per heavy atom. The third kappa shape index (κ3) is 5.42. The van der Waals surface area contributed by atoms with Crippen LogP contribution in [0.2, 0.25) is 5.02 Å². The van der Waals surface area contributed by atoms with E-state index >= 15 is 0 Å². The third-order valence-electron chi connectivity index (χ3n) is 5.68. The van der Waals surface area contributed by atoms with Crippen LogP contribution < -0.4 is 15.0 Å². The first-order valence-corrected chi connectivity index (χ1v) is 12.1. The van der Waals surface area contributed by atoms with Crippen molar-refractivity contribution in [3.63, 3.8) is 0 Å². The normalized spacial score (nSPS) is 14.5. The molecule has 1 aliphatic rings. The predicted octanol–water partition coefficient (Wildman–Crippen LogP) is 5.15. The average Bonchev–Trinajstić information content (AvgIpc) is 2.88. The summed E-state index contributed by atoms with van der Waals surface area (Å²) >= 11 is 10.1. The number of urea groups is 1. The van der Waals surface area contributed by atoms with Gasteiger partial charge in [-0.3, -0.25) is 14.9 Å². The minimum atomic E-state index is -0.905. The molecule has 1 N–H and O–H groups in total. The van der Waals surface area contributed by atoms with Crippen LogP contribution in [0.15, 0.2) is 70.7 Å². The number of barbiturate groups is 1. The highest BCUT2D eigenvalue weighted by atomic mass is 79.9. The molecule has 0 spiro atoms. The number of nitrogens with zero attached hydrogens (tertiary/aromatic N) is 1. The summed E-state index contributed by atoms with van der Waals surface area (Å²) in [6.45, 7) is 0. The zero-order chi connectivity index (χ0) is 26.7. The topological polar surface area (TPSA) is 102 Å². The Bertz CT molecular complexity index is 1450. The van der Waals surface area contributed by atoms with E-state index in [0.29, 0.717) is 22.8 Å². The number of ether oxygens (including phenoxy) is 2. The van der Waals surface area contributed by atoms with Crippen molar-refractivity contribution in [2.75, 3.05) is 19.1 Å². The molecule has 0 saturated carbocycles. The van der Waals surface area contributed by atoms with Gasteiger partial charge in [-0.2, -0.15) is 0 Å². The molecule has 8 nitrogen and oxygen atoms in total. The fraction of sp³-hybridized carbons (Fsp3) is 0.111. The van der Waals surface area contributed by atoms with Crippen LogP contribution in [0.4, 0.5) is 10.5 Å². The third-order valence-corrected chi connectivity index (χ3v) is 6.79. The van der Waals surface area contributed by atoms with Gasteiger partial charge in [-0.1, -0.05) is 45.7 Å². The highest BCUT2D eigenvalue weighted by Gasteiger charge is 2.37. The Morgan fingerprint density at radius 1 is 1.05 bits per heavy atom. The van der Waals surface area contributed by atoms with Gasteiger partial charge in [-0.05, 0) is 59.7 Å². The molecule has 1 heterocycles. The molecule has 10 heteroatoms. The van der Waals surface area contributed by atoms with Crippen molar-refractivity contribution in [1.82, 2.24) is 5.32 Å². The van der Waals surface area contributed by atoms with Gasteiger partial charge in [0.2, 0.25) is 0 Å². The zero-order valence-electron chi connectivity index (χ0n) is 19.7. The van der Waals surface area contributed by atoms with E-state index in [1.807, 2.05) is 24.3 Å². The molecular weight excluding hydrogens is 564 g/mol. The monoisotopic (exact) mass is 582 g/mol. The van der Waals surface area contributed by atoms with E-state index < -0.39 is 23.8 Å². The first kappa shape index (κ1) is 26.1. The molecule has 0 atom stereocenters. The highest BCUT2D eigenvalue weighted by Crippen LogP contribution is 2.33. The Kier molecular flexibility index (Phi) is 7.75. The maximum atomic E-state index is 13.2. The van der Waals surface area contributed by atoms with Gasteiger partial charge < -0.3 is 9.47 Å². The smallest absolute Gasteiger partial charge is 0.337 e. The quantitative estimate of drug-likeness (QED) is 0.245. The molecule has 0 aliphatic carbocycles. The van der Waals surface area contributed by atoms with Crippen molar-refractivity contribution in [3.8, 4) is 5.75 Å². The summed E-state index contributed by atoms with van der Waals surface area (Å²) in [4.78, 5) is 50.8. The van der Waals surface area contributed by atoms with Crippen LogP contribution in [0.1, 0.15) is 27.0 Å². The van der Waals surface area contributed by atoms with E-state index in [2.05, 4.69) is 26.0 Å². The van der Waals surface area contributed by atoms with Crippen LogP contribution in [-0.4, -0.2) is 38.0 Å². The van der Waals surface area contributed by atoms with Crippen molar-refractivity contribution in [2.24, 2.45) is 0 Å². The van der Waals surface area contributed by atoms with Gasteiger partial charge in [0, 0.05) is 21.5 Å². The second kappa shape index (κ2) is 11.0. The number of methoxy groups -OCH3 is 2. The van der Waals surface area contributed by atoms with Gasteiger partial charge in [0.05, 0.1) is 25.5 Å². The van der Waals surface area contributed by atoms with Crippen molar-refractivity contribution in [1.29, 1.82) is 0 Å². The van der Waals surface area contributed by atoms with E-state index in [9.17, 15) is 19.2 Å². The second-order valence-corrected chi connectivity index (χ2v) is 9.21.